The van der Waals surface area contributed by atoms with Gasteiger partial charge in [0.25, 0.3) is 11.8 Å². The second-order valence-electron chi connectivity index (χ2n) is 7.75. The van der Waals surface area contributed by atoms with Crippen molar-refractivity contribution in [2.24, 2.45) is 14.1 Å². The quantitative estimate of drug-likeness (QED) is 0.367. The number of hydrogen-bond donors (Lipinski definition) is 2. The van der Waals surface area contributed by atoms with E-state index in [4.69, 9.17) is 27.9 Å². The van der Waals surface area contributed by atoms with Crippen LogP contribution in [0.25, 0.3) is 0 Å². The van der Waals surface area contributed by atoms with Crippen LogP contribution in [-0.4, -0.2) is 31.4 Å². The van der Waals surface area contributed by atoms with Gasteiger partial charge < -0.3 is 15.4 Å². The fourth-order valence-electron chi connectivity index (χ4n) is 3.33. The smallest absolute Gasteiger partial charge is 0.271 e. The highest BCUT2D eigenvalue weighted by Crippen LogP contribution is 2.28. The van der Waals surface area contributed by atoms with Crippen LogP contribution < -0.4 is 15.4 Å². The van der Waals surface area contributed by atoms with Gasteiger partial charge in [0.15, 0.2) is 0 Å². The normalized spacial score (nSPS) is 10.7. The van der Waals surface area contributed by atoms with Gasteiger partial charge in [-0.2, -0.15) is 10.2 Å². The largest absolute Gasteiger partial charge is 0.487 e. The molecule has 0 saturated carbocycles. The molecular formula is C24H22Cl2N6O3. The van der Waals surface area contributed by atoms with Gasteiger partial charge in [0.1, 0.15) is 18.1 Å². The Morgan fingerprint density at radius 2 is 1.74 bits per heavy atom. The molecule has 35 heavy (non-hydrogen) atoms. The minimum absolute atomic E-state index is 0.243. The lowest BCUT2D eigenvalue weighted by Gasteiger charge is -2.10. The van der Waals surface area contributed by atoms with Crippen LogP contribution in [0.2, 0.25) is 10.0 Å². The highest BCUT2D eigenvalue weighted by molar-refractivity contribution is 6.35. The van der Waals surface area contributed by atoms with E-state index >= 15 is 0 Å². The monoisotopic (exact) mass is 512 g/mol. The molecule has 0 unspecified atom stereocenters. The molecule has 0 aliphatic carbocycles. The third-order valence-corrected chi connectivity index (χ3v) is 5.65. The predicted octanol–water partition coefficient (Wildman–Crippen LogP) is 4.22. The van der Waals surface area contributed by atoms with Crippen molar-refractivity contribution in [2.75, 3.05) is 5.32 Å². The molecule has 0 atom stereocenters. The summed E-state index contributed by atoms with van der Waals surface area (Å²) in [5.74, 6) is -0.214. The maximum absolute atomic E-state index is 12.8. The molecule has 4 aromatic rings. The molecule has 2 aromatic heterocycles. The summed E-state index contributed by atoms with van der Waals surface area (Å²) in [6, 6.07) is 11.9. The van der Waals surface area contributed by atoms with Gasteiger partial charge in [-0.15, -0.1) is 0 Å². The summed E-state index contributed by atoms with van der Waals surface area (Å²) in [6.45, 7) is 0.573. The highest BCUT2D eigenvalue weighted by atomic mass is 35.5. The molecule has 0 bridgehead atoms. The van der Waals surface area contributed by atoms with Crippen molar-refractivity contribution in [3.8, 4) is 5.75 Å². The van der Waals surface area contributed by atoms with E-state index in [0.29, 0.717) is 33.6 Å². The molecule has 0 aliphatic rings. The maximum Gasteiger partial charge on any atom is 0.271 e. The molecule has 2 amide bonds. The summed E-state index contributed by atoms with van der Waals surface area (Å²) in [5, 5.41) is 14.7. The average Bonchev–Trinajstić information content (AvgIpc) is 3.42. The Balaban J connectivity index is 1.37. The predicted molar refractivity (Wildman–Crippen MR) is 133 cm³/mol. The van der Waals surface area contributed by atoms with Crippen LogP contribution in [0.4, 0.5) is 5.69 Å². The fraction of sp³-hybridized carbons (Fsp3) is 0.167. The number of benzene rings is 2. The van der Waals surface area contributed by atoms with E-state index in [9.17, 15) is 9.59 Å². The Hall–Kier alpha value is -3.82. The zero-order valence-corrected chi connectivity index (χ0v) is 20.5. The van der Waals surface area contributed by atoms with Crippen LogP contribution in [0.3, 0.4) is 0 Å². The lowest BCUT2D eigenvalue weighted by atomic mass is 10.1. The van der Waals surface area contributed by atoms with Gasteiger partial charge in [-0.05, 0) is 35.9 Å². The Morgan fingerprint density at radius 3 is 2.43 bits per heavy atom. The summed E-state index contributed by atoms with van der Waals surface area (Å²) in [7, 11) is 3.44. The van der Waals surface area contributed by atoms with Gasteiger partial charge in [0.05, 0.1) is 23.1 Å². The SMILES string of the molecule is Cn1cc(CNC(=O)c2c(NC(=O)c3ccc(COc4ccc(Cl)cc4Cl)cc3)cnn2C)cn1. The molecule has 4 rings (SSSR count). The summed E-state index contributed by atoms with van der Waals surface area (Å²) in [5.41, 5.74) is 2.68. The minimum atomic E-state index is -0.368. The first kappa shape index (κ1) is 24.3. The van der Waals surface area contributed by atoms with E-state index in [2.05, 4.69) is 20.8 Å². The fourth-order valence-corrected chi connectivity index (χ4v) is 3.79. The van der Waals surface area contributed by atoms with Crippen LogP contribution in [0.15, 0.2) is 61.1 Å². The number of nitrogens with one attached hydrogen (secondary N) is 2. The van der Waals surface area contributed by atoms with Crippen LogP contribution >= 0.6 is 23.2 Å². The number of ether oxygens (including phenoxy) is 1. The van der Waals surface area contributed by atoms with Crippen molar-refractivity contribution < 1.29 is 14.3 Å². The standard InChI is InChI=1S/C24H22Cl2N6O3/c1-31-13-16(11-28-31)10-27-24(34)22-20(12-29-32(22)2)30-23(33)17-5-3-15(4-6-17)14-35-21-8-7-18(25)9-19(21)26/h3-9,11-13H,10,14H2,1-2H3,(H,27,34)(H,30,33). The number of carbonyl (C=O) groups excluding carboxylic acids is 2. The number of anilines is 1. The van der Waals surface area contributed by atoms with E-state index < -0.39 is 0 Å². The lowest BCUT2D eigenvalue weighted by molar-refractivity contribution is 0.0942. The van der Waals surface area contributed by atoms with Gasteiger partial charge in [0, 0.05) is 43.0 Å². The molecule has 0 radical (unpaired) electrons. The Bertz CT molecular complexity index is 1360. The zero-order valence-electron chi connectivity index (χ0n) is 19.0. The Labute approximate surface area is 211 Å². The second kappa shape index (κ2) is 10.6. The van der Waals surface area contributed by atoms with E-state index in [0.717, 1.165) is 11.1 Å². The van der Waals surface area contributed by atoms with Crippen molar-refractivity contribution >= 4 is 40.7 Å². The van der Waals surface area contributed by atoms with Crippen molar-refractivity contribution in [3.05, 3.63) is 93.5 Å². The van der Waals surface area contributed by atoms with Gasteiger partial charge >= 0.3 is 0 Å². The summed E-state index contributed by atoms with van der Waals surface area (Å²) < 4.78 is 8.79. The molecule has 2 heterocycles. The summed E-state index contributed by atoms with van der Waals surface area (Å²) in [6.07, 6.45) is 4.92. The number of hydrogen-bond acceptors (Lipinski definition) is 5. The first-order valence-corrected chi connectivity index (χ1v) is 11.3. The van der Waals surface area contributed by atoms with E-state index in [1.54, 1.807) is 67.4 Å². The summed E-state index contributed by atoms with van der Waals surface area (Å²) >= 11 is 12.0. The third-order valence-electron chi connectivity index (χ3n) is 5.12. The van der Waals surface area contributed by atoms with Gasteiger partial charge in [-0.25, -0.2) is 0 Å². The topological polar surface area (TPSA) is 103 Å². The lowest BCUT2D eigenvalue weighted by Crippen LogP contribution is -2.26. The second-order valence-corrected chi connectivity index (χ2v) is 8.59. The first-order valence-electron chi connectivity index (χ1n) is 10.6. The molecule has 11 heteroatoms. The number of carbonyl (C=O) groups is 2. The number of nitrogens with zero attached hydrogens (tertiary/aromatic N) is 4. The number of rotatable bonds is 8. The van der Waals surface area contributed by atoms with E-state index in [1.165, 1.54) is 10.9 Å². The van der Waals surface area contributed by atoms with Crippen LogP contribution in [0.5, 0.6) is 5.75 Å². The molecule has 2 aromatic carbocycles. The number of aryl methyl sites for hydroxylation is 2. The van der Waals surface area contributed by atoms with Crippen molar-refractivity contribution in [2.45, 2.75) is 13.2 Å². The van der Waals surface area contributed by atoms with Gasteiger partial charge in [-0.3, -0.25) is 19.0 Å². The van der Waals surface area contributed by atoms with E-state index in [-0.39, 0.29) is 24.1 Å². The maximum atomic E-state index is 12.8. The number of halogens is 2. The van der Waals surface area contributed by atoms with Crippen molar-refractivity contribution in [1.82, 2.24) is 24.9 Å². The number of aromatic nitrogens is 4. The van der Waals surface area contributed by atoms with Crippen LogP contribution in [-0.2, 0) is 27.2 Å². The summed E-state index contributed by atoms with van der Waals surface area (Å²) in [4.78, 5) is 25.5. The van der Waals surface area contributed by atoms with Gasteiger partial charge in [-0.1, -0.05) is 35.3 Å². The van der Waals surface area contributed by atoms with Crippen molar-refractivity contribution in [1.29, 1.82) is 0 Å². The molecule has 0 aliphatic heterocycles. The minimum Gasteiger partial charge on any atom is -0.487 e. The Morgan fingerprint density at radius 1 is 0.971 bits per heavy atom. The zero-order chi connectivity index (χ0) is 24.9. The van der Waals surface area contributed by atoms with Crippen molar-refractivity contribution in [3.63, 3.8) is 0 Å². The molecule has 180 valence electrons. The first-order chi connectivity index (χ1) is 16.8. The highest BCUT2D eigenvalue weighted by Gasteiger charge is 2.19. The molecular weight excluding hydrogens is 491 g/mol. The molecule has 0 spiro atoms. The van der Waals surface area contributed by atoms with Crippen LogP contribution in [0, 0.1) is 0 Å². The van der Waals surface area contributed by atoms with E-state index in [1.807, 2.05) is 6.20 Å². The third kappa shape index (κ3) is 6.00. The molecule has 9 nitrogen and oxygen atoms in total. The Kier molecular flexibility index (Phi) is 7.38. The number of amides is 2. The average molecular weight is 513 g/mol. The van der Waals surface area contributed by atoms with Gasteiger partial charge in [0.2, 0.25) is 0 Å². The molecule has 2 N–H and O–H groups in total. The molecule has 0 saturated heterocycles. The molecule has 0 fully saturated rings. The van der Waals surface area contributed by atoms with Crippen LogP contribution in [0.1, 0.15) is 32.0 Å².